The van der Waals surface area contributed by atoms with E-state index in [1.807, 2.05) is 0 Å². The van der Waals surface area contributed by atoms with Crippen LogP contribution in [0.15, 0.2) is 36.7 Å². The van der Waals surface area contributed by atoms with E-state index in [2.05, 4.69) is 9.97 Å². The van der Waals surface area contributed by atoms with E-state index in [1.165, 1.54) is 24.5 Å². The molecular weight excluding hydrogens is 269 g/mol. The van der Waals surface area contributed by atoms with Crippen LogP contribution in [0.5, 0.6) is 11.6 Å². The quantitative estimate of drug-likeness (QED) is 0.832. The minimum absolute atomic E-state index is 0.0393. The zero-order valence-electron chi connectivity index (χ0n) is 8.78. The van der Waals surface area contributed by atoms with E-state index in [-0.39, 0.29) is 16.8 Å². The fourth-order valence-corrected chi connectivity index (χ4v) is 1.34. The Hall–Kier alpha value is -1.82. The fraction of sp³-hybridized carbons (Fsp3) is 0.0909. The summed E-state index contributed by atoms with van der Waals surface area (Å²) in [5, 5.41) is 0.0393. The van der Waals surface area contributed by atoms with Crippen LogP contribution in [0.1, 0.15) is 5.56 Å². The van der Waals surface area contributed by atoms with Gasteiger partial charge in [-0.25, -0.2) is 9.97 Å². The maximum atomic E-state index is 12.3. The van der Waals surface area contributed by atoms with Crippen LogP contribution in [0.3, 0.4) is 0 Å². The van der Waals surface area contributed by atoms with E-state index < -0.39 is 11.7 Å². The molecule has 0 aliphatic rings. The molecular formula is C11H6ClF3N2O. The zero-order chi connectivity index (χ0) is 13.2. The summed E-state index contributed by atoms with van der Waals surface area (Å²) in [6.45, 7) is 0. The largest absolute Gasteiger partial charge is 0.436 e. The number of benzene rings is 1. The van der Waals surface area contributed by atoms with Crippen LogP contribution in [0, 0.1) is 0 Å². The van der Waals surface area contributed by atoms with Crippen molar-refractivity contribution in [3.8, 4) is 11.6 Å². The average Bonchev–Trinajstić information content (AvgIpc) is 2.32. The van der Waals surface area contributed by atoms with Crippen molar-refractivity contribution in [1.29, 1.82) is 0 Å². The van der Waals surface area contributed by atoms with Crippen molar-refractivity contribution in [2.24, 2.45) is 0 Å². The lowest BCUT2D eigenvalue weighted by Crippen LogP contribution is -2.04. The molecule has 0 spiro atoms. The number of alkyl halides is 3. The lowest BCUT2D eigenvalue weighted by Gasteiger charge is -2.08. The summed E-state index contributed by atoms with van der Waals surface area (Å²) in [6, 6.07) is 4.21. The second-order valence-corrected chi connectivity index (χ2v) is 3.63. The van der Waals surface area contributed by atoms with E-state index >= 15 is 0 Å². The van der Waals surface area contributed by atoms with Gasteiger partial charge in [0.05, 0.1) is 5.56 Å². The van der Waals surface area contributed by atoms with Crippen molar-refractivity contribution in [3.63, 3.8) is 0 Å². The molecule has 1 aromatic heterocycles. The van der Waals surface area contributed by atoms with Crippen LogP contribution in [0.25, 0.3) is 0 Å². The lowest BCUT2D eigenvalue weighted by molar-refractivity contribution is -0.137. The molecule has 0 saturated heterocycles. The van der Waals surface area contributed by atoms with Gasteiger partial charge < -0.3 is 4.74 Å². The maximum absolute atomic E-state index is 12.3. The molecule has 0 amide bonds. The Morgan fingerprint density at radius 3 is 2.17 bits per heavy atom. The van der Waals surface area contributed by atoms with Gasteiger partial charge >= 0.3 is 6.18 Å². The normalized spacial score (nSPS) is 11.3. The Bertz CT molecular complexity index is 543. The molecule has 0 saturated carbocycles. The maximum Gasteiger partial charge on any atom is 0.416 e. The highest BCUT2D eigenvalue weighted by molar-refractivity contribution is 6.30. The number of halogens is 4. The van der Waals surface area contributed by atoms with Gasteiger partial charge in [-0.1, -0.05) is 11.6 Å². The zero-order valence-corrected chi connectivity index (χ0v) is 9.53. The first-order valence-corrected chi connectivity index (χ1v) is 5.16. The van der Waals surface area contributed by atoms with Gasteiger partial charge in [0.15, 0.2) is 5.15 Å². The van der Waals surface area contributed by atoms with E-state index in [4.69, 9.17) is 16.3 Å². The Kier molecular flexibility index (Phi) is 3.38. The van der Waals surface area contributed by atoms with Crippen molar-refractivity contribution in [2.75, 3.05) is 0 Å². The van der Waals surface area contributed by atoms with Gasteiger partial charge in [0.25, 0.3) is 5.88 Å². The number of ether oxygens (including phenoxy) is 1. The van der Waals surface area contributed by atoms with E-state index in [0.29, 0.717) is 0 Å². The molecule has 0 aliphatic carbocycles. The molecule has 1 aromatic carbocycles. The Morgan fingerprint density at radius 2 is 1.61 bits per heavy atom. The smallest absolute Gasteiger partial charge is 0.416 e. The van der Waals surface area contributed by atoms with Crippen LogP contribution in [0.4, 0.5) is 13.2 Å². The van der Waals surface area contributed by atoms with Gasteiger partial charge in [-0.3, -0.25) is 0 Å². The first kappa shape index (κ1) is 12.6. The summed E-state index contributed by atoms with van der Waals surface area (Å²) in [6.07, 6.45) is -1.63. The fourth-order valence-electron chi connectivity index (χ4n) is 1.20. The number of hydrogen-bond donors (Lipinski definition) is 0. The van der Waals surface area contributed by atoms with Crippen LogP contribution in [0.2, 0.25) is 5.15 Å². The predicted octanol–water partition coefficient (Wildman–Crippen LogP) is 3.94. The van der Waals surface area contributed by atoms with Gasteiger partial charge in [0.1, 0.15) is 5.75 Å². The third-order valence-corrected chi connectivity index (χ3v) is 2.28. The minimum Gasteiger partial charge on any atom is -0.436 e. The van der Waals surface area contributed by atoms with Gasteiger partial charge in [-0.2, -0.15) is 13.2 Å². The summed E-state index contributed by atoms with van der Waals surface area (Å²) < 4.78 is 42.2. The standard InChI is InChI=1S/C11H6ClF3N2O/c12-9-10(17-6-5-16-9)18-8-3-1-7(2-4-8)11(13,14)15/h1-6H. The Morgan fingerprint density at radius 1 is 1.00 bits per heavy atom. The molecule has 0 bridgehead atoms. The Balaban J connectivity index is 2.19. The van der Waals surface area contributed by atoms with Crippen molar-refractivity contribution < 1.29 is 17.9 Å². The predicted molar refractivity (Wildman–Crippen MR) is 58.6 cm³/mol. The summed E-state index contributed by atoms with van der Waals surface area (Å²) >= 11 is 5.70. The highest BCUT2D eigenvalue weighted by Crippen LogP contribution is 2.31. The van der Waals surface area contributed by atoms with Gasteiger partial charge in [-0.05, 0) is 24.3 Å². The topological polar surface area (TPSA) is 35.0 Å². The summed E-state index contributed by atoms with van der Waals surface area (Å²) in [5.74, 6) is 0.240. The SMILES string of the molecule is FC(F)(F)c1ccc(Oc2nccnc2Cl)cc1. The van der Waals surface area contributed by atoms with Crippen molar-refractivity contribution in [2.45, 2.75) is 6.18 Å². The van der Waals surface area contributed by atoms with E-state index in [0.717, 1.165) is 12.1 Å². The number of rotatable bonds is 2. The average molecular weight is 275 g/mol. The lowest BCUT2D eigenvalue weighted by atomic mass is 10.2. The Labute approximate surface area is 105 Å². The number of aromatic nitrogens is 2. The number of nitrogens with zero attached hydrogens (tertiary/aromatic N) is 2. The third kappa shape index (κ3) is 2.89. The van der Waals surface area contributed by atoms with Gasteiger partial charge in [-0.15, -0.1) is 0 Å². The first-order chi connectivity index (χ1) is 8.47. The molecule has 18 heavy (non-hydrogen) atoms. The van der Waals surface area contributed by atoms with Crippen LogP contribution in [-0.4, -0.2) is 9.97 Å². The van der Waals surface area contributed by atoms with Gasteiger partial charge in [0, 0.05) is 12.4 Å². The van der Waals surface area contributed by atoms with Crippen LogP contribution < -0.4 is 4.74 Å². The molecule has 0 fully saturated rings. The second kappa shape index (κ2) is 4.81. The number of hydrogen-bond acceptors (Lipinski definition) is 3. The molecule has 7 heteroatoms. The van der Waals surface area contributed by atoms with Gasteiger partial charge in [0.2, 0.25) is 0 Å². The van der Waals surface area contributed by atoms with Crippen molar-refractivity contribution in [3.05, 3.63) is 47.4 Å². The molecule has 2 aromatic rings. The molecule has 94 valence electrons. The summed E-state index contributed by atoms with van der Waals surface area (Å²) in [5.41, 5.74) is -0.750. The molecule has 0 radical (unpaired) electrons. The monoisotopic (exact) mass is 274 g/mol. The van der Waals surface area contributed by atoms with E-state index in [9.17, 15) is 13.2 Å². The molecule has 0 aliphatic heterocycles. The molecule has 1 heterocycles. The molecule has 0 atom stereocenters. The van der Waals surface area contributed by atoms with Crippen LogP contribution >= 0.6 is 11.6 Å². The summed E-state index contributed by atoms with van der Waals surface area (Å²) in [7, 11) is 0. The van der Waals surface area contributed by atoms with Crippen molar-refractivity contribution >= 4 is 11.6 Å². The highest BCUT2D eigenvalue weighted by Gasteiger charge is 2.30. The highest BCUT2D eigenvalue weighted by atomic mass is 35.5. The molecule has 0 N–H and O–H groups in total. The third-order valence-electron chi connectivity index (χ3n) is 2.02. The van der Waals surface area contributed by atoms with Crippen molar-refractivity contribution in [1.82, 2.24) is 9.97 Å². The molecule has 2 rings (SSSR count). The molecule has 0 unspecified atom stereocenters. The molecule has 3 nitrogen and oxygen atoms in total. The summed E-state index contributed by atoms with van der Waals surface area (Å²) in [4.78, 5) is 7.54. The second-order valence-electron chi connectivity index (χ2n) is 3.28. The van der Waals surface area contributed by atoms with Crippen LogP contribution in [-0.2, 0) is 6.18 Å². The van der Waals surface area contributed by atoms with E-state index in [1.54, 1.807) is 0 Å². The first-order valence-electron chi connectivity index (χ1n) is 4.78. The minimum atomic E-state index is -4.37.